The van der Waals surface area contributed by atoms with Crippen LogP contribution in [0.4, 0.5) is 14.9 Å². The Kier molecular flexibility index (Phi) is 4.94. The van der Waals surface area contributed by atoms with Crippen LogP contribution in [-0.2, 0) is 14.6 Å². The lowest BCUT2D eigenvalue weighted by atomic mass is 10.0. The maximum Gasteiger partial charge on any atom is 0.315 e. The number of amides is 3. The third kappa shape index (κ3) is 3.92. The number of hydrogen-bond acceptors (Lipinski definition) is 4. The number of carbonyl (C=O) groups is 2. The predicted molar refractivity (Wildman–Crippen MR) is 90.3 cm³/mol. The quantitative estimate of drug-likeness (QED) is 0.517. The highest BCUT2D eigenvalue weighted by atomic mass is 32.2. The zero-order valence-corrected chi connectivity index (χ0v) is 14.3. The third-order valence-electron chi connectivity index (χ3n) is 4.61. The molecule has 2 saturated heterocycles. The lowest BCUT2D eigenvalue weighted by molar-refractivity contribution is -0.116. The molecule has 2 aliphatic rings. The van der Waals surface area contributed by atoms with Crippen molar-refractivity contribution in [2.24, 2.45) is 0 Å². The van der Waals surface area contributed by atoms with Gasteiger partial charge in [0, 0.05) is 6.42 Å². The Labute approximate surface area is 145 Å². The average molecular weight is 369 g/mol. The Morgan fingerprint density at radius 2 is 2.00 bits per heavy atom. The van der Waals surface area contributed by atoms with Gasteiger partial charge < -0.3 is 16.0 Å². The van der Waals surface area contributed by atoms with Crippen molar-refractivity contribution < 1.29 is 22.4 Å². The molecule has 2 aliphatic heterocycles. The maximum atomic E-state index is 13.5. The molecular weight excluding hydrogens is 349 g/mol. The SMILES string of the molecule is O=C(CCCC[C@@H]1[C@H]2NC(=O)N[C@H]2CS1(=O)=O)Nc1ccccc1F. The van der Waals surface area contributed by atoms with E-state index < -0.39 is 26.9 Å². The molecule has 0 aliphatic carbocycles. The highest BCUT2D eigenvalue weighted by molar-refractivity contribution is 7.92. The number of para-hydroxylation sites is 1. The summed E-state index contributed by atoms with van der Waals surface area (Å²) >= 11 is 0. The molecule has 0 saturated carbocycles. The third-order valence-corrected chi connectivity index (χ3v) is 6.89. The number of anilines is 1. The largest absolute Gasteiger partial charge is 0.332 e. The molecule has 136 valence electrons. The van der Waals surface area contributed by atoms with Crippen LogP contribution in [0.2, 0.25) is 0 Å². The smallest absolute Gasteiger partial charge is 0.315 e. The predicted octanol–water partition coefficient (Wildman–Crippen LogP) is 1.17. The van der Waals surface area contributed by atoms with Crippen molar-refractivity contribution in [1.82, 2.24) is 10.6 Å². The number of halogens is 1. The molecule has 0 spiro atoms. The Balaban J connectivity index is 1.46. The lowest BCUT2D eigenvalue weighted by Crippen LogP contribution is -2.39. The zero-order valence-electron chi connectivity index (χ0n) is 13.5. The highest BCUT2D eigenvalue weighted by Crippen LogP contribution is 2.28. The van der Waals surface area contributed by atoms with E-state index in [1.807, 2.05) is 0 Å². The molecule has 3 N–H and O–H groups in total. The molecule has 9 heteroatoms. The molecule has 3 amide bonds. The number of sulfone groups is 1. The topological polar surface area (TPSA) is 104 Å². The Hall–Kier alpha value is -2.16. The number of rotatable bonds is 6. The number of unbranched alkanes of at least 4 members (excludes halogenated alkanes) is 1. The van der Waals surface area contributed by atoms with Gasteiger partial charge in [-0.15, -0.1) is 0 Å². The second kappa shape index (κ2) is 6.99. The summed E-state index contributed by atoms with van der Waals surface area (Å²) in [5.41, 5.74) is 0.133. The Bertz CT molecular complexity index is 783. The summed E-state index contributed by atoms with van der Waals surface area (Å²) in [5, 5.41) is 7.15. The molecule has 0 bridgehead atoms. The van der Waals surface area contributed by atoms with Gasteiger partial charge in [-0.1, -0.05) is 18.6 Å². The van der Waals surface area contributed by atoms with Gasteiger partial charge in [-0.05, 0) is 25.0 Å². The first-order chi connectivity index (χ1) is 11.9. The summed E-state index contributed by atoms with van der Waals surface area (Å²) < 4.78 is 37.8. The molecule has 1 aromatic carbocycles. The van der Waals surface area contributed by atoms with E-state index >= 15 is 0 Å². The second-order valence-corrected chi connectivity index (χ2v) is 8.66. The van der Waals surface area contributed by atoms with E-state index in [1.54, 1.807) is 6.07 Å². The van der Waals surface area contributed by atoms with Gasteiger partial charge >= 0.3 is 6.03 Å². The van der Waals surface area contributed by atoms with Crippen LogP contribution in [-0.4, -0.2) is 43.4 Å². The van der Waals surface area contributed by atoms with Crippen LogP contribution in [0, 0.1) is 5.82 Å². The van der Waals surface area contributed by atoms with Gasteiger partial charge in [0.1, 0.15) is 5.82 Å². The van der Waals surface area contributed by atoms with Gasteiger partial charge in [0.25, 0.3) is 0 Å². The van der Waals surface area contributed by atoms with Crippen LogP contribution in [0.5, 0.6) is 0 Å². The van der Waals surface area contributed by atoms with Crippen LogP contribution in [0.3, 0.4) is 0 Å². The van der Waals surface area contributed by atoms with Gasteiger partial charge in [0.05, 0.1) is 28.8 Å². The zero-order chi connectivity index (χ0) is 18.0. The fourth-order valence-corrected chi connectivity index (χ4v) is 5.68. The molecule has 1 aromatic rings. The molecular formula is C16H20FN3O4S. The van der Waals surface area contributed by atoms with Crippen LogP contribution in [0.25, 0.3) is 0 Å². The molecule has 3 rings (SSSR count). The summed E-state index contributed by atoms with van der Waals surface area (Å²) in [4.78, 5) is 23.2. The van der Waals surface area contributed by atoms with Crippen LogP contribution < -0.4 is 16.0 Å². The molecule has 0 aromatic heterocycles. The van der Waals surface area contributed by atoms with Crippen molar-refractivity contribution in [3.63, 3.8) is 0 Å². The molecule has 2 fully saturated rings. The van der Waals surface area contributed by atoms with E-state index in [1.165, 1.54) is 18.2 Å². The number of benzene rings is 1. The number of carbonyl (C=O) groups excluding carboxylic acids is 2. The monoisotopic (exact) mass is 369 g/mol. The number of hydrogen-bond donors (Lipinski definition) is 3. The minimum atomic E-state index is -3.25. The normalized spacial score (nSPS) is 26.6. The summed E-state index contributed by atoms with van der Waals surface area (Å²) in [6.45, 7) is 0. The van der Waals surface area contributed by atoms with Crippen molar-refractivity contribution in [2.75, 3.05) is 11.1 Å². The van der Waals surface area contributed by atoms with Crippen molar-refractivity contribution in [3.8, 4) is 0 Å². The molecule has 3 atom stereocenters. The van der Waals surface area contributed by atoms with E-state index in [2.05, 4.69) is 16.0 Å². The molecule has 7 nitrogen and oxygen atoms in total. The lowest BCUT2D eigenvalue weighted by Gasteiger charge is -2.16. The fraction of sp³-hybridized carbons (Fsp3) is 0.500. The van der Waals surface area contributed by atoms with E-state index in [0.717, 1.165) is 0 Å². The minimum absolute atomic E-state index is 0.0468. The molecule has 0 unspecified atom stereocenters. The fourth-order valence-electron chi connectivity index (χ4n) is 3.41. The number of fused-ring (bicyclic) bond motifs is 1. The van der Waals surface area contributed by atoms with Crippen molar-refractivity contribution in [2.45, 2.75) is 43.0 Å². The van der Waals surface area contributed by atoms with Crippen molar-refractivity contribution in [3.05, 3.63) is 30.1 Å². The average Bonchev–Trinajstić information content (AvgIpc) is 2.98. The highest BCUT2D eigenvalue weighted by Gasteiger charge is 2.51. The summed E-state index contributed by atoms with van der Waals surface area (Å²) in [6.07, 6.45) is 1.59. The van der Waals surface area contributed by atoms with E-state index in [9.17, 15) is 22.4 Å². The van der Waals surface area contributed by atoms with Gasteiger partial charge in [0.15, 0.2) is 9.84 Å². The van der Waals surface area contributed by atoms with Gasteiger partial charge in [-0.3, -0.25) is 4.79 Å². The van der Waals surface area contributed by atoms with E-state index in [4.69, 9.17) is 0 Å². The van der Waals surface area contributed by atoms with Gasteiger partial charge in [-0.25, -0.2) is 17.6 Å². The van der Waals surface area contributed by atoms with E-state index in [0.29, 0.717) is 19.3 Å². The van der Waals surface area contributed by atoms with Crippen LogP contribution in [0.1, 0.15) is 25.7 Å². The second-order valence-electron chi connectivity index (χ2n) is 6.39. The summed E-state index contributed by atoms with van der Waals surface area (Å²) in [7, 11) is -3.25. The first-order valence-electron chi connectivity index (χ1n) is 8.20. The molecule has 25 heavy (non-hydrogen) atoms. The minimum Gasteiger partial charge on any atom is -0.332 e. The van der Waals surface area contributed by atoms with Crippen LogP contribution in [0.15, 0.2) is 24.3 Å². The number of nitrogens with one attached hydrogen (secondary N) is 3. The summed E-state index contributed by atoms with van der Waals surface area (Å²) in [6, 6.07) is 4.81. The van der Waals surface area contributed by atoms with Gasteiger partial charge in [-0.2, -0.15) is 0 Å². The van der Waals surface area contributed by atoms with Gasteiger partial charge in [0.2, 0.25) is 5.91 Å². The maximum absolute atomic E-state index is 13.5. The first-order valence-corrected chi connectivity index (χ1v) is 9.91. The standard InChI is InChI=1S/C16H20FN3O4S/c17-10-5-1-2-6-11(10)18-14(21)8-4-3-7-13-15-12(9-25(13,23)24)19-16(22)20-15/h1-2,5-6,12-13,15H,3-4,7-9H2,(H,18,21)(H2,19,20,22)/t12-,13+,15-/m0/s1. The summed E-state index contributed by atoms with van der Waals surface area (Å²) in [5.74, 6) is -0.856. The Morgan fingerprint density at radius 1 is 1.24 bits per heavy atom. The van der Waals surface area contributed by atoms with Crippen LogP contribution >= 0.6 is 0 Å². The van der Waals surface area contributed by atoms with E-state index in [-0.39, 0.29) is 35.8 Å². The Morgan fingerprint density at radius 3 is 2.76 bits per heavy atom. The van der Waals surface area contributed by atoms with Crippen molar-refractivity contribution >= 4 is 27.5 Å². The number of urea groups is 1. The molecule has 2 heterocycles. The van der Waals surface area contributed by atoms with Crippen molar-refractivity contribution in [1.29, 1.82) is 0 Å². The first kappa shape index (κ1) is 17.7. The molecule has 0 radical (unpaired) electrons.